The van der Waals surface area contributed by atoms with Crippen LogP contribution in [0.1, 0.15) is 32.7 Å². The van der Waals surface area contributed by atoms with E-state index in [1.54, 1.807) is 47.9 Å². The Morgan fingerprint density at radius 3 is 2.41 bits per heavy atom. The third-order valence-corrected chi connectivity index (χ3v) is 5.63. The lowest BCUT2D eigenvalue weighted by molar-refractivity contribution is -0.116. The Labute approximate surface area is 197 Å². The summed E-state index contributed by atoms with van der Waals surface area (Å²) in [6.07, 6.45) is 1.42. The summed E-state index contributed by atoms with van der Waals surface area (Å²) < 4.78 is 6.70. The maximum Gasteiger partial charge on any atom is 0.244 e. The highest BCUT2D eigenvalue weighted by molar-refractivity contribution is 6.10. The summed E-state index contributed by atoms with van der Waals surface area (Å²) in [6, 6.07) is 15.7. The van der Waals surface area contributed by atoms with E-state index in [1.807, 2.05) is 32.0 Å². The van der Waals surface area contributed by atoms with E-state index in [1.165, 1.54) is 13.3 Å². The lowest BCUT2D eigenvalue weighted by Gasteiger charge is -2.14. The standard InChI is InChI=1S/C27H25N3O4/c1-16-5-12-23(17(2)13-16)29-24(31)15-30-14-22(25(32)19-7-9-20(34-4)10-8-19)26(33)21-11-6-18(3)28-27(21)30/h5-14H,15H2,1-4H3,(H,29,31). The predicted octanol–water partition coefficient (Wildman–Crippen LogP) is 4.20. The molecule has 7 heteroatoms. The molecule has 172 valence electrons. The summed E-state index contributed by atoms with van der Waals surface area (Å²) in [4.78, 5) is 43.8. The number of rotatable bonds is 6. The molecule has 0 fully saturated rings. The van der Waals surface area contributed by atoms with Crippen molar-refractivity contribution in [3.63, 3.8) is 0 Å². The van der Waals surface area contributed by atoms with Crippen molar-refractivity contribution in [1.29, 1.82) is 0 Å². The zero-order valence-corrected chi connectivity index (χ0v) is 19.5. The number of ether oxygens (including phenoxy) is 1. The number of anilines is 1. The molecule has 34 heavy (non-hydrogen) atoms. The van der Waals surface area contributed by atoms with Crippen molar-refractivity contribution in [3.8, 4) is 5.75 Å². The van der Waals surface area contributed by atoms with Crippen molar-refractivity contribution in [2.75, 3.05) is 12.4 Å². The molecule has 0 bridgehead atoms. The van der Waals surface area contributed by atoms with Gasteiger partial charge in [-0.1, -0.05) is 17.7 Å². The van der Waals surface area contributed by atoms with Crippen molar-refractivity contribution in [1.82, 2.24) is 9.55 Å². The molecule has 0 radical (unpaired) electrons. The minimum atomic E-state index is -0.432. The molecule has 7 nitrogen and oxygen atoms in total. The topological polar surface area (TPSA) is 90.3 Å². The molecule has 1 amide bonds. The first-order chi connectivity index (χ1) is 16.3. The van der Waals surface area contributed by atoms with Gasteiger partial charge in [0.1, 0.15) is 17.9 Å². The second kappa shape index (κ2) is 9.31. The third kappa shape index (κ3) is 4.59. The molecule has 0 saturated heterocycles. The van der Waals surface area contributed by atoms with E-state index in [0.29, 0.717) is 28.3 Å². The first-order valence-corrected chi connectivity index (χ1v) is 10.8. The fourth-order valence-corrected chi connectivity index (χ4v) is 3.84. The van der Waals surface area contributed by atoms with Gasteiger partial charge in [0, 0.05) is 23.1 Å². The number of aromatic nitrogens is 2. The van der Waals surface area contributed by atoms with Crippen molar-refractivity contribution in [3.05, 3.63) is 99.0 Å². The second-order valence-corrected chi connectivity index (χ2v) is 8.25. The first-order valence-electron chi connectivity index (χ1n) is 10.8. The van der Waals surface area contributed by atoms with Crippen molar-refractivity contribution in [2.45, 2.75) is 27.3 Å². The largest absolute Gasteiger partial charge is 0.497 e. The SMILES string of the molecule is COc1ccc(C(=O)c2cn(CC(=O)Nc3ccc(C)cc3C)c3nc(C)ccc3c2=O)cc1. The number of aryl methyl sites for hydroxylation is 3. The second-order valence-electron chi connectivity index (χ2n) is 8.25. The number of ketones is 1. The molecule has 0 saturated carbocycles. The Kier molecular flexibility index (Phi) is 6.27. The minimum Gasteiger partial charge on any atom is -0.497 e. The minimum absolute atomic E-state index is 0.0253. The van der Waals surface area contributed by atoms with Gasteiger partial charge in [0.2, 0.25) is 11.3 Å². The van der Waals surface area contributed by atoms with Gasteiger partial charge in [0.25, 0.3) is 0 Å². The Hall–Kier alpha value is -4.26. The third-order valence-electron chi connectivity index (χ3n) is 5.63. The van der Waals surface area contributed by atoms with Crippen LogP contribution in [0.15, 0.2) is 65.6 Å². The van der Waals surface area contributed by atoms with E-state index >= 15 is 0 Å². The summed E-state index contributed by atoms with van der Waals surface area (Å²) in [7, 11) is 1.54. The fourth-order valence-electron chi connectivity index (χ4n) is 3.84. The number of pyridine rings is 2. The maximum absolute atomic E-state index is 13.2. The van der Waals surface area contributed by atoms with Crippen LogP contribution >= 0.6 is 0 Å². The summed E-state index contributed by atoms with van der Waals surface area (Å²) in [6.45, 7) is 5.61. The van der Waals surface area contributed by atoms with Crippen molar-refractivity contribution in [2.24, 2.45) is 0 Å². The van der Waals surface area contributed by atoms with Gasteiger partial charge in [-0.05, 0) is 68.8 Å². The van der Waals surface area contributed by atoms with Gasteiger partial charge < -0.3 is 14.6 Å². The van der Waals surface area contributed by atoms with Crippen LogP contribution in [0, 0.1) is 20.8 Å². The summed E-state index contributed by atoms with van der Waals surface area (Å²) in [5.41, 5.74) is 3.71. The van der Waals surface area contributed by atoms with Gasteiger partial charge in [0.05, 0.1) is 18.1 Å². The number of amides is 1. The van der Waals surface area contributed by atoms with Gasteiger partial charge in [-0.3, -0.25) is 14.4 Å². The average Bonchev–Trinajstić information content (AvgIpc) is 2.82. The molecule has 0 atom stereocenters. The number of hydrogen-bond donors (Lipinski definition) is 1. The number of methoxy groups -OCH3 is 1. The molecule has 4 aromatic rings. The molecule has 0 aliphatic heterocycles. The van der Waals surface area contributed by atoms with E-state index in [0.717, 1.165) is 11.1 Å². The molecule has 2 aromatic carbocycles. The average molecular weight is 456 g/mol. The summed E-state index contributed by atoms with van der Waals surface area (Å²) in [5.74, 6) is -0.114. The van der Waals surface area contributed by atoms with Crippen LogP contribution < -0.4 is 15.5 Å². The van der Waals surface area contributed by atoms with Gasteiger partial charge in [-0.2, -0.15) is 0 Å². The lowest BCUT2D eigenvalue weighted by atomic mass is 10.0. The van der Waals surface area contributed by atoms with E-state index in [2.05, 4.69) is 10.3 Å². The van der Waals surface area contributed by atoms with Gasteiger partial charge >= 0.3 is 0 Å². The molecule has 2 aromatic heterocycles. The highest BCUT2D eigenvalue weighted by atomic mass is 16.5. The van der Waals surface area contributed by atoms with Crippen LogP contribution in [0.4, 0.5) is 5.69 Å². The molecular formula is C27H25N3O4. The van der Waals surface area contributed by atoms with Crippen LogP contribution in [0.2, 0.25) is 0 Å². The van der Waals surface area contributed by atoms with E-state index < -0.39 is 11.2 Å². The van der Waals surface area contributed by atoms with Gasteiger partial charge in [-0.15, -0.1) is 0 Å². The fraction of sp³-hybridized carbons (Fsp3) is 0.185. The quantitative estimate of drug-likeness (QED) is 0.440. The molecular weight excluding hydrogens is 430 g/mol. The predicted molar refractivity (Wildman–Crippen MR) is 132 cm³/mol. The number of benzene rings is 2. The molecule has 4 rings (SSSR count). The zero-order chi connectivity index (χ0) is 24.4. The summed E-state index contributed by atoms with van der Waals surface area (Å²) in [5, 5.41) is 3.19. The van der Waals surface area contributed by atoms with Crippen LogP contribution in [-0.2, 0) is 11.3 Å². The Morgan fingerprint density at radius 2 is 1.74 bits per heavy atom. The molecule has 1 N–H and O–H groups in total. The zero-order valence-electron chi connectivity index (χ0n) is 19.5. The number of nitrogens with one attached hydrogen (secondary N) is 1. The number of carbonyl (C=O) groups excluding carboxylic acids is 2. The molecule has 0 aliphatic carbocycles. The summed E-state index contributed by atoms with van der Waals surface area (Å²) >= 11 is 0. The Balaban J connectivity index is 1.75. The first kappa shape index (κ1) is 22.9. The van der Waals surface area contributed by atoms with E-state index in [9.17, 15) is 14.4 Å². The Morgan fingerprint density at radius 1 is 1.00 bits per heavy atom. The van der Waals surface area contributed by atoms with Crippen LogP contribution in [0.5, 0.6) is 5.75 Å². The molecule has 0 unspecified atom stereocenters. The number of nitrogens with zero attached hydrogens (tertiary/aromatic N) is 2. The van der Waals surface area contributed by atoms with Gasteiger partial charge in [-0.25, -0.2) is 4.98 Å². The highest BCUT2D eigenvalue weighted by Crippen LogP contribution is 2.18. The smallest absolute Gasteiger partial charge is 0.244 e. The van der Waals surface area contributed by atoms with Crippen molar-refractivity contribution >= 4 is 28.4 Å². The van der Waals surface area contributed by atoms with Crippen LogP contribution in [-0.4, -0.2) is 28.4 Å². The maximum atomic E-state index is 13.2. The van der Waals surface area contributed by atoms with Crippen LogP contribution in [0.3, 0.4) is 0 Å². The number of fused-ring (bicyclic) bond motifs is 1. The monoisotopic (exact) mass is 455 g/mol. The van der Waals surface area contributed by atoms with E-state index in [-0.39, 0.29) is 23.4 Å². The molecule has 0 spiro atoms. The van der Waals surface area contributed by atoms with Crippen molar-refractivity contribution < 1.29 is 14.3 Å². The highest BCUT2D eigenvalue weighted by Gasteiger charge is 2.19. The molecule has 0 aliphatic rings. The Bertz CT molecular complexity index is 1470. The lowest BCUT2D eigenvalue weighted by Crippen LogP contribution is -2.25. The van der Waals surface area contributed by atoms with Gasteiger partial charge in [0.15, 0.2) is 5.78 Å². The normalized spacial score (nSPS) is 10.8. The number of carbonyl (C=O) groups is 2. The van der Waals surface area contributed by atoms with E-state index in [4.69, 9.17) is 4.74 Å². The number of hydrogen-bond acceptors (Lipinski definition) is 5. The molecule has 2 heterocycles. The van der Waals surface area contributed by atoms with Crippen LogP contribution in [0.25, 0.3) is 11.0 Å².